The maximum atomic E-state index is 15.6. The monoisotopic (exact) mass is 587 g/mol. The van der Waals surface area contributed by atoms with E-state index in [0.717, 1.165) is 48.1 Å². The average Bonchev–Trinajstić information content (AvgIpc) is 3.84. The van der Waals surface area contributed by atoms with Gasteiger partial charge < -0.3 is 20.1 Å². The summed E-state index contributed by atoms with van der Waals surface area (Å²) in [5.74, 6) is -4.93. The smallest absolute Gasteiger partial charge is 0.301 e. The first kappa shape index (κ1) is 28.3. The maximum Gasteiger partial charge on any atom is 0.301 e. The van der Waals surface area contributed by atoms with Gasteiger partial charge in [-0.2, -0.15) is 8.78 Å². The van der Waals surface area contributed by atoms with Crippen LogP contribution in [0, 0.1) is 17.7 Å². The van der Waals surface area contributed by atoms with Crippen LogP contribution in [0.25, 0.3) is 0 Å². The van der Waals surface area contributed by atoms with Crippen LogP contribution in [0.4, 0.5) is 27.6 Å². The molecule has 4 atom stereocenters. The Morgan fingerprint density at radius 3 is 2.40 bits per heavy atom. The van der Waals surface area contributed by atoms with Crippen LogP contribution in [0.15, 0.2) is 59.8 Å². The number of carbonyl (C=O) groups excluding carboxylic acids is 1. The predicted molar refractivity (Wildman–Crippen MR) is 145 cm³/mol. The summed E-state index contributed by atoms with van der Waals surface area (Å²) < 4.78 is 74.8. The summed E-state index contributed by atoms with van der Waals surface area (Å²) in [5, 5.41) is 5.89. The van der Waals surface area contributed by atoms with E-state index in [-0.39, 0.29) is 35.7 Å². The van der Waals surface area contributed by atoms with Gasteiger partial charge >= 0.3 is 5.92 Å². The number of rotatable bonds is 9. The lowest BCUT2D eigenvalue weighted by Crippen LogP contribution is -2.37. The number of benzene rings is 1. The highest BCUT2D eigenvalue weighted by Crippen LogP contribution is 2.49. The Balaban J connectivity index is 1.30. The largest absolute Gasteiger partial charge is 0.381 e. The molecule has 2 N–H and O–H groups in total. The first-order valence-corrected chi connectivity index (χ1v) is 13.8. The Hall–Kier alpha value is -3.80. The number of carbonyl (C=O) groups is 1. The molecule has 2 aliphatic carbocycles. The van der Waals surface area contributed by atoms with E-state index in [4.69, 9.17) is 0 Å². The van der Waals surface area contributed by atoms with Gasteiger partial charge in [0.15, 0.2) is 0 Å². The molecular weight excluding hydrogens is 557 g/mol. The van der Waals surface area contributed by atoms with Gasteiger partial charge in [0.2, 0.25) is 0 Å². The number of fused-ring (bicyclic) bond motifs is 1. The number of amides is 1. The molecule has 3 aliphatic rings. The molecule has 3 fully saturated rings. The van der Waals surface area contributed by atoms with E-state index in [2.05, 4.69) is 20.5 Å². The molecule has 0 spiro atoms. The summed E-state index contributed by atoms with van der Waals surface area (Å²) in [5.41, 5.74) is -3.65. The van der Waals surface area contributed by atoms with Crippen molar-refractivity contribution in [1.29, 1.82) is 0 Å². The molecule has 6 rings (SSSR count). The van der Waals surface area contributed by atoms with Gasteiger partial charge in [-0.05, 0) is 56.8 Å². The van der Waals surface area contributed by atoms with Crippen LogP contribution in [-0.4, -0.2) is 53.0 Å². The molecule has 3 aromatic rings. The summed E-state index contributed by atoms with van der Waals surface area (Å²) in [7, 11) is 2.01. The Bertz CT molecular complexity index is 1560. The second kappa shape index (κ2) is 10.2. The van der Waals surface area contributed by atoms with Gasteiger partial charge in [0.1, 0.15) is 11.4 Å². The van der Waals surface area contributed by atoms with E-state index in [1.807, 2.05) is 7.05 Å². The molecule has 1 aliphatic heterocycles. The van der Waals surface area contributed by atoms with E-state index < -0.39 is 52.3 Å². The third kappa shape index (κ3) is 4.75. The molecule has 7 nitrogen and oxygen atoms in total. The minimum Gasteiger partial charge on any atom is -0.381 e. The normalized spacial score (nSPS) is 23.4. The van der Waals surface area contributed by atoms with Crippen LogP contribution < -0.4 is 16.2 Å². The van der Waals surface area contributed by atoms with Gasteiger partial charge in [0.25, 0.3) is 17.9 Å². The summed E-state index contributed by atoms with van der Waals surface area (Å²) in [6.07, 6.45) is 0.897. The fourth-order valence-corrected chi connectivity index (χ4v) is 6.20. The molecule has 3 heterocycles. The molecule has 1 aromatic carbocycles. The van der Waals surface area contributed by atoms with E-state index >= 15 is 13.2 Å². The van der Waals surface area contributed by atoms with Crippen molar-refractivity contribution in [1.82, 2.24) is 19.8 Å². The van der Waals surface area contributed by atoms with E-state index in [0.29, 0.717) is 11.8 Å². The standard InChI is InChI=1S/C30H30F5N5O2/c1-16(18-4-3-5-22(25(18)31)30(34,35)17-6-10-36-11-7-17)37-27(42)21-15-40(29(8-9-29)28(32)33)24(41)12-23(21)38-26-19-13-39(2)14-20(19)26/h3-7,10-12,15-16,19-20,26,28,38H,8-9,13-14H2,1-2H3,(H,37,42)/t16-,19-,20+,26-/m1/s1. The van der Waals surface area contributed by atoms with Crippen molar-refractivity contribution < 1.29 is 26.7 Å². The second-order valence-electron chi connectivity index (χ2n) is 11.6. The van der Waals surface area contributed by atoms with Crippen LogP contribution in [0.5, 0.6) is 0 Å². The quantitative estimate of drug-likeness (QED) is 0.354. The number of aromatic nitrogens is 2. The maximum absolute atomic E-state index is 15.6. The van der Waals surface area contributed by atoms with Gasteiger partial charge in [-0.3, -0.25) is 14.6 Å². The molecular formula is C30H30F5N5O2. The topological polar surface area (TPSA) is 79.3 Å². The number of hydrogen-bond acceptors (Lipinski definition) is 5. The SMILES string of the molecule is C[C@@H](NC(=O)c1cn(C2(C(F)F)CC2)c(=O)cc1N[C@@H]1[C@@H]2CN(C)C[C@@H]21)c1cccc(C(F)(F)c2ccncc2)c1F. The summed E-state index contributed by atoms with van der Waals surface area (Å²) in [4.78, 5) is 32.5. The third-order valence-electron chi connectivity index (χ3n) is 8.87. The highest BCUT2D eigenvalue weighted by molar-refractivity contribution is 5.99. The van der Waals surface area contributed by atoms with Crippen LogP contribution >= 0.6 is 0 Å². The number of piperidine rings is 1. The summed E-state index contributed by atoms with van der Waals surface area (Å²) >= 11 is 0. The molecule has 0 radical (unpaired) electrons. The van der Waals surface area contributed by atoms with Crippen LogP contribution in [0.2, 0.25) is 0 Å². The highest BCUT2D eigenvalue weighted by Gasteiger charge is 2.56. The minimum absolute atomic E-state index is 0.0231. The van der Waals surface area contributed by atoms with Gasteiger partial charge in [0, 0.05) is 54.9 Å². The highest BCUT2D eigenvalue weighted by atomic mass is 19.3. The van der Waals surface area contributed by atoms with Gasteiger partial charge in [0.05, 0.1) is 22.9 Å². The number of likely N-dealkylation sites (tertiary alicyclic amines) is 1. The molecule has 0 unspecified atom stereocenters. The van der Waals surface area contributed by atoms with Crippen molar-refractivity contribution in [3.63, 3.8) is 0 Å². The number of halogens is 5. The lowest BCUT2D eigenvalue weighted by atomic mass is 9.96. The zero-order valence-electron chi connectivity index (χ0n) is 23.0. The number of nitrogens with one attached hydrogen (secondary N) is 2. The van der Waals surface area contributed by atoms with Gasteiger partial charge in [-0.25, -0.2) is 13.2 Å². The number of pyridine rings is 2. The molecule has 0 bridgehead atoms. The Labute approximate surface area is 238 Å². The molecule has 2 aromatic heterocycles. The van der Waals surface area contributed by atoms with E-state index in [1.54, 1.807) is 0 Å². The number of anilines is 1. The Morgan fingerprint density at radius 1 is 1.12 bits per heavy atom. The van der Waals surface area contributed by atoms with Crippen molar-refractivity contribution in [3.05, 3.63) is 93.4 Å². The zero-order chi connectivity index (χ0) is 30.0. The van der Waals surface area contributed by atoms with Gasteiger partial charge in [-0.15, -0.1) is 0 Å². The zero-order valence-corrected chi connectivity index (χ0v) is 23.0. The van der Waals surface area contributed by atoms with Crippen molar-refractivity contribution in [3.8, 4) is 0 Å². The molecule has 1 amide bonds. The fourth-order valence-electron chi connectivity index (χ4n) is 6.20. The Morgan fingerprint density at radius 2 is 1.79 bits per heavy atom. The minimum atomic E-state index is -3.66. The Kier molecular flexibility index (Phi) is 6.87. The average molecular weight is 588 g/mol. The van der Waals surface area contributed by atoms with Crippen LogP contribution in [0.1, 0.15) is 52.9 Å². The third-order valence-corrected chi connectivity index (χ3v) is 8.87. The van der Waals surface area contributed by atoms with Crippen molar-refractivity contribution >= 4 is 11.6 Å². The molecule has 12 heteroatoms. The van der Waals surface area contributed by atoms with Gasteiger partial charge in [-0.1, -0.05) is 12.1 Å². The number of nitrogens with zero attached hydrogens (tertiary/aromatic N) is 3. The van der Waals surface area contributed by atoms with Crippen molar-refractivity contribution in [2.75, 3.05) is 25.5 Å². The fraction of sp³-hybridized carbons (Fsp3) is 0.433. The van der Waals surface area contributed by atoms with Crippen molar-refractivity contribution in [2.24, 2.45) is 11.8 Å². The van der Waals surface area contributed by atoms with E-state index in [9.17, 15) is 18.4 Å². The first-order chi connectivity index (χ1) is 19.9. The molecule has 42 heavy (non-hydrogen) atoms. The number of alkyl halides is 4. The van der Waals surface area contributed by atoms with Crippen LogP contribution in [-0.2, 0) is 11.5 Å². The number of hydrogen-bond donors (Lipinski definition) is 2. The molecule has 1 saturated heterocycles. The molecule has 2 saturated carbocycles. The first-order valence-electron chi connectivity index (χ1n) is 13.8. The van der Waals surface area contributed by atoms with Crippen LogP contribution in [0.3, 0.4) is 0 Å². The predicted octanol–water partition coefficient (Wildman–Crippen LogP) is 4.74. The summed E-state index contributed by atoms with van der Waals surface area (Å²) in [6.45, 7) is 3.15. The second-order valence-corrected chi connectivity index (χ2v) is 11.6. The lowest BCUT2D eigenvalue weighted by Gasteiger charge is -2.23. The summed E-state index contributed by atoms with van der Waals surface area (Å²) in [6, 6.07) is 5.86. The lowest BCUT2D eigenvalue weighted by molar-refractivity contribution is 0.0385. The van der Waals surface area contributed by atoms with E-state index in [1.165, 1.54) is 31.5 Å². The van der Waals surface area contributed by atoms with Crippen molar-refractivity contribution in [2.45, 2.75) is 49.7 Å². The molecule has 222 valence electrons.